The molecule has 2 saturated heterocycles. The van der Waals surface area contributed by atoms with E-state index in [9.17, 15) is 0 Å². The zero-order valence-electron chi connectivity index (χ0n) is 14.4. The Morgan fingerprint density at radius 3 is 2.88 bits per heavy atom. The molecule has 6 heteroatoms. The van der Waals surface area contributed by atoms with Crippen LogP contribution in [0.1, 0.15) is 50.1 Å². The van der Waals surface area contributed by atoms with Crippen LogP contribution >= 0.6 is 0 Å². The van der Waals surface area contributed by atoms with E-state index in [0.29, 0.717) is 5.92 Å². The van der Waals surface area contributed by atoms with Crippen LogP contribution in [0.3, 0.4) is 0 Å². The van der Waals surface area contributed by atoms with E-state index in [1.54, 1.807) is 0 Å². The number of hydrogen-bond acceptors (Lipinski definition) is 6. The molecular weight excluding hydrogens is 304 g/mol. The van der Waals surface area contributed by atoms with Gasteiger partial charge in [0.05, 0.1) is 17.0 Å². The molecule has 0 aliphatic carbocycles. The molecular formula is C18H24N4O2. The first-order valence-electron chi connectivity index (χ1n) is 8.88. The summed E-state index contributed by atoms with van der Waals surface area (Å²) >= 11 is 0. The van der Waals surface area contributed by atoms with Crippen molar-refractivity contribution in [1.82, 2.24) is 15.1 Å². The summed E-state index contributed by atoms with van der Waals surface area (Å²) in [5, 5.41) is 4.00. The average Bonchev–Trinajstić information content (AvgIpc) is 3.26. The van der Waals surface area contributed by atoms with Crippen molar-refractivity contribution >= 4 is 5.95 Å². The van der Waals surface area contributed by atoms with Crippen molar-refractivity contribution in [3.8, 4) is 11.3 Å². The Morgan fingerprint density at radius 1 is 1.25 bits per heavy atom. The molecule has 2 aromatic rings. The second-order valence-corrected chi connectivity index (χ2v) is 7.00. The van der Waals surface area contributed by atoms with E-state index in [0.717, 1.165) is 61.2 Å². The molecule has 2 aliphatic heterocycles. The maximum atomic E-state index is 5.90. The highest BCUT2D eigenvalue weighted by molar-refractivity contribution is 5.61. The fraction of sp³-hybridized carbons (Fsp3) is 0.611. The minimum absolute atomic E-state index is 0.0226. The first-order chi connectivity index (χ1) is 11.7. The number of aromatic nitrogens is 3. The SMILES string of the molecule is Cc1cc(-c2cnc(N3CCC[C@@H](C)C3)nc2[C@H]2CCCO2)on1. The number of ether oxygens (including phenoxy) is 1. The number of rotatable bonds is 3. The summed E-state index contributed by atoms with van der Waals surface area (Å²) in [5.74, 6) is 2.22. The molecule has 0 aromatic carbocycles. The molecule has 2 fully saturated rings. The first kappa shape index (κ1) is 15.6. The van der Waals surface area contributed by atoms with E-state index in [-0.39, 0.29) is 6.10 Å². The molecule has 0 unspecified atom stereocenters. The molecule has 0 N–H and O–H groups in total. The maximum absolute atomic E-state index is 5.90. The van der Waals surface area contributed by atoms with Crippen LogP contribution in [0, 0.1) is 12.8 Å². The van der Waals surface area contributed by atoms with Crippen LogP contribution in [0.25, 0.3) is 11.3 Å². The molecule has 0 bridgehead atoms. The summed E-state index contributed by atoms with van der Waals surface area (Å²) in [7, 11) is 0. The Bertz CT molecular complexity index is 709. The minimum atomic E-state index is 0.0226. The van der Waals surface area contributed by atoms with Gasteiger partial charge in [0.25, 0.3) is 0 Å². The predicted octanol–water partition coefficient (Wildman–Crippen LogP) is 3.53. The summed E-state index contributed by atoms with van der Waals surface area (Å²) in [6.07, 6.45) is 6.44. The van der Waals surface area contributed by atoms with Crippen LogP contribution < -0.4 is 4.90 Å². The number of hydrogen-bond donors (Lipinski definition) is 0. The highest BCUT2D eigenvalue weighted by Gasteiger charge is 2.27. The highest BCUT2D eigenvalue weighted by Crippen LogP contribution is 2.35. The summed E-state index contributed by atoms with van der Waals surface area (Å²) < 4.78 is 11.4. The Balaban J connectivity index is 1.71. The van der Waals surface area contributed by atoms with Gasteiger partial charge in [0.15, 0.2) is 5.76 Å². The second-order valence-electron chi connectivity index (χ2n) is 7.00. The van der Waals surface area contributed by atoms with E-state index in [1.807, 2.05) is 19.2 Å². The molecule has 128 valence electrons. The van der Waals surface area contributed by atoms with Gasteiger partial charge in [-0.1, -0.05) is 12.1 Å². The van der Waals surface area contributed by atoms with Crippen LogP contribution in [0.5, 0.6) is 0 Å². The van der Waals surface area contributed by atoms with Gasteiger partial charge in [-0.3, -0.25) is 0 Å². The van der Waals surface area contributed by atoms with Gasteiger partial charge in [0, 0.05) is 32.0 Å². The van der Waals surface area contributed by atoms with E-state index in [2.05, 4.69) is 22.0 Å². The standard InChI is InChI=1S/C18H24N4O2/c1-12-5-3-7-22(11-12)18-19-10-14(16-9-13(2)21-24-16)17(20-18)15-6-4-8-23-15/h9-10,12,15H,3-8,11H2,1-2H3/t12-,15-/m1/s1. The predicted molar refractivity (Wildman–Crippen MR) is 90.8 cm³/mol. The lowest BCUT2D eigenvalue weighted by atomic mass is 10.0. The molecule has 0 spiro atoms. The lowest BCUT2D eigenvalue weighted by Crippen LogP contribution is -2.35. The Morgan fingerprint density at radius 2 is 2.17 bits per heavy atom. The smallest absolute Gasteiger partial charge is 0.225 e. The molecule has 0 radical (unpaired) electrons. The summed E-state index contributed by atoms with van der Waals surface area (Å²) in [6, 6.07) is 1.93. The van der Waals surface area contributed by atoms with Crippen LogP contribution in [0.2, 0.25) is 0 Å². The zero-order valence-corrected chi connectivity index (χ0v) is 14.4. The fourth-order valence-electron chi connectivity index (χ4n) is 3.63. The third kappa shape index (κ3) is 3.02. The quantitative estimate of drug-likeness (QED) is 0.859. The minimum Gasteiger partial charge on any atom is -0.372 e. The average molecular weight is 328 g/mol. The van der Waals surface area contributed by atoms with Gasteiger partial charge in [-0.2, -0.15) is 0 Å². The third-order valence-electron chi connectivity index (χ3n) is 4.87. The Hall–Kier alpha value is -1.95. The van der Waals surface area contributed by atoms with E-state index in [4.69, 9.17) is 14.2 Å². The van der Waals surface area contributed by atoms with Crippen molar-refractivity contribution in [2.24, 2.45) is 5.92 Å². The van der Waals surface area contributed by atoms with Crippen LogP contribution in [-0.4, -0.2) is 34.8 Å². The summed E-state index contributed by atoms with van der Waals surface area (Å²) in [6.45, 7) is 7.04. The number of nitrogens with zero attached hydrogens (tertiary/aromatic N) is 4. The van der Waals surface area contributed by atoms with Crippen molar-refractivity contribution < 1.29 is 9.26 Å². The van der Waals surface area contributed by atoms with Gasteiger partial charge < -0.3 is 14.2 Å². The molecule has 24 heavy (non-hydrogen) atoms. The number of anilines is 1. The molecule has 6 nitrogen and oxygen atoms in total. The van der Waals surface area contributed by atoms with Crippen molar-refractivity contribution in [1.29, 1.82) is 0 Å². The van der Waals surface area contributed by atoms with Gasteiger partial charge in [0.1, 0.15) is 6.10 Å². The highest BCUT2D eigenvalue weighted by atomic mass is 16.5. The fourth-order valence-corrected chi connectivity index (χ4v) is 3.63. The monoisotopic (exact) mass is 328 g/mol. The van der Waals surface area contributed by atoms with Gasteiger partial charge >= 0.3 is 0 Å². The third-order valence-corrected chi connectivity index (χ3v) is 4.87. The number of aryl methyl sites for hydroxylation is 1. The van der Waals surface area contributed by atoms with E-state index in [1.165, 1.54) is 12.8 Å². The molecule has 2 atom stereocenters. The van der Waals surface area contributed by atoms with Gasteiger partial charge in [-0.15, -0.1) is 0 Å². The van der Waals surface area contributed by atoms with Crippen LogP contribution in [0.15, 0.2) is 16.8 Å². The van der Waals surface area contributed by atoms with Crippen molar-refractivity contribution in [3.63, 3.8) is 0 Å². The first-order valence-corrected chi connectivity index (χ1v) is 8.88. The van der Waals surface area contributed by atoms with Crippen LogP contribution in [0.4, 0.5) is 5.95 Å². The van der Waals surface area contributed by atoms with Crippen molar-refractivity contribution in [2.75, 3.05) is 24.6 Å². The van der Waals surface area contributed by atoms with E-state index < -0.39 is 0 Å². The largest absolute Gasteiger partial charge is 0.372 e. The molecule has 0 amide bonds. The lowest BCUT2D eigenvalue weighted by Gasteiger charge is -2.31. The topological polar surface area (TPSA) is 64.3 Å². The molecule has 2 aromatic heterocycles. The van der Waals surface area contributed by atoms with Crippen LogP contribution in [-0.2, 0) is 4.74 Å². The normalized spacial score (nSPS) is 24.5. The number of piperidine rings is 1. The van der Waals surface area contributed by atoms with Crippen molar-refractivity contribution in [2.45, 2.75) is 45.6 Å². The Labute approximate surface area is 142 Å². The molecule has 4 rings (SSSR count). The van der Waals surface area contributed by atoms with Gasteiger partial charge in [0.2, 0.25) is 5.95 Å². The maximum Gasteiger partial charge on any atom is 0.225 e. The lowest BCUT2D eigenvalue weighted by molar-refractivity contribution is 0.109. The zero-order chi connectivity index (χ0) is 16.5. The molecule has 2 aliphatic rings. The summed E-state index contributed by atoms with van der Waals surface area (Å²) in [5.41, 5.74) is 2.69. The molecule has 0 saturated carbocycles. The van der Waals surface area contributed by atoms with Gasteiger partial charge in [-0.25, -0.2) is 9.97 Å². The Kier molecular flexibility index (Phi) is 4.22. The second kappa shape index (κ2) is 6.51. The molecule has 4 heterocycles. The van der Waals surface area contributed by atoms with Gasteiger partial charge in [-0.05, 0) is 38.5 Å². The van der Waals surface area contributed by atoms with E-state index >= 15 is 0 Å². The van der Waals surface area contributed by atoms with Crippen molar-refractivity contribution in [3.05, 3.63) is 23.7 Å². The summed E-state index contributed by atoms with van der Waals surface area (Å²) in [4.78, 5) is 11.8.